The van der Waals surface area contributed by atoms with Crippen molar-refractivity contribution in [2.75, 3.05) is 32.8 Å². The van der Waals surface area contributed by atoms with Crippen molar-refractivity contribution in [3.8, 4) is 5.75 Å². The van der Waals surface area contributed by atoms with Crippen LogP contribution in [0.25, 0.3) is 0 Å². The normalized spacial score (nSPS) is 14.5. The molecule has 0 bridgehead atoms. The molecule has 166 valence electrons. The zero-order chi connectivity index (χ0) is 22.2. The first kappa shape index (κ1) is 22.1. The summed E-state index contributed by atoms with van der Waals surface area (Å²) in [6.45, 7) is 5.86. The molecule has 0 unspecified atom stereocenters. The fourth-order valence-electron chi connectivity index (χ4n) is 4.33. The van der Waals surface area contributed by atoms with Crippen LogP contribution in [0.4, 0.5) is 0 Å². The first-order valence-corrected chi connectivity index (χ1v) is 11.6. The summed E-state index contributed by atoms with van der Waals surface area (Å²) in [5.41, 5.74) is 3.24. The van der Waals surface area contributed by atoms with Crippen LogP contribution in [0.15, 0.2) is 84.9 Å². The molecule has 4 heteroatoms. The van der Waals surface area contributed by atoms with Crippen molar-refractivity contribution in [2.24, 2.45) is 0 Å². The van der Waals surface area contributed by atoms with Crippen molar-refractivity contribution in [3.05, 3.63) is 102 Å². The van der Waals surface area contributed by atoms with Crippen molar-refractivity contribution in [1.82, 2.24) is 9.80 Å². The Morgan fingerprint density at radius 1 is 0.812 bits per heavy atom. The molecule has 4 nitrogen and oxygen atoms in total. The van der Waals surface area contributed by atoms with Gasteiger partial charge in [0.1, 0.15) is 5.75 Å². The summed E-state index contributed by atoms with van der Waals surface area (Å²) in [5, 5.41) is 0. The second kappa shape index (κ2) is 11.0. The van der Waals surface area contributed by atoms with Crippen LogP contribution in [-0.2, 0) is 0 Å². The molecule has 0 aliphatic carbocycles. The molecule has 0 N–H and O–H groups in total. The van der Waals surface area contributed by atoms with Crippen molar-refractivity contribution < 1.29 is 9.53 Å². The average molecular weight is 429 g/mol. The minimum atomic E-state index is 0.0627. The number of carbonyl (C=O) groups excluding carboxylic acids is 1. The zero-order valence-corrected chi connectivity index (χ0v) is 18.8. The largest absolute Gasteiger partial charge is 0.493 e. The molecule has 0 radical (unpaired) electrons. The van der Waals surface area contributed by atoms with Gasteiger partial charge in [-0.3, -0.25) is 9.69 Å². The number of amides is 1. The smallest absolute Gasteiger partial charge is 0.257 e. The molecule has 1 aliphatic heterocycles. The predicted molar refractivity (Wildman–Crippen MR) is 129 cm³/mol. The first-order valence-electron chi connectivity index (χ1n) is 11.6. The van der Waals surface area contributed by atoms with Gasteiger partial charge in [-0.05, 0) is 29.7 Å². The molecule has 0 spiro atoms. The lowest BCUT2D eigenvalue weighted by Gasteiger charge is -2.40. The third kappa shape index (κ3) is 5.20. The van der Waals surface area contributed by atoms with Gasteiger partial charge in [0.15, 0.2) is 0 Å². The van der Waals surface area contributed by atoms with Gasteiger partial charge in [-0.15, -0.1) is 0 Å². The highest BCUT2D eigenvalue weighted by molar-refractivity contribution is 5.97. The Morgan fingerprint density at radius 3 is 1.97 bits per heavy atom. The second-order valence-corrected chi connectivity index (χ2v) is 8.25. The number of hydrogen-bond acceptors (Lipinski definition) is 3. The van der Waals surface area contributed by atoms with Gasteiger partial charge >= 0.3 is 0 Å². The molecule has 1 aliphatic rings. The van der Waals surface area contributed by atoms with Crippen LogP contribution < -0.4 is 4.74 Å². The number of ether oxygens (including phenoxy) is 1. The number of nitrogens with zero attached hydrogens (tertiary/aromatic N) is 2. The van der Waals surface area contributed by atoms with E-state index in [1.165, 1.54) is 11.1 Å². The summed E-state index contributed by atoms with van der Waals surface area (Å²) < 4.78 is 5.91. The Morgan fingerprint density at radius 2 is 1.38 bits per heavy atom. The highest BCUT2D eigenvalue weighted by Gasteiger charge is 2.29. The van der Waals surface area contributed by atoms with Crippen LogP contribution in [0.3, 0.4) is 0 Å². The zero-order valence-electron chi connectivity index (χ0n) is 18.8. The van der Waals surface area contributed by atoms with Crippen LogP contribution in [0.2, 0.25) is 0 Å². The summed E-state index contributed by atoms with van der Waals surface area (Å²) >= 11 is 0. The summed E-state index contributed by atoms with van der Waals surface area (Å²) in [4.78, 5) is 17.7. The van der Waals surface area contributed by atoms with E-state index in [0.29, 0.717) is 31.0 Å². The maximum absolute atomic E-state index is 13.3. The van der Waals surface area contributed by atoms with Gasteiger partial charge in [0, 0.05) is 26.2 Å². The molecule has 4 rings (SSSR count). The summed E-state index contributed by atoms with van der Waals surface area (Å²) in [5.74, 6) is 0.757. The monoisotopic (exact) mass is 428 g/mol. The van der Waals surface area contributed by atoms with Crippen LogP contribution in [0.1, 0.15) is 47.3 Å². The molecular formula is C28H32N2O2. The fourth-order valence-corrected chi connectivity index (χ4v) is 4.33. The fraction of sp³-hybridized carbons (Fsp3) is 0.321. The quantitative estimate of drug-likeness (QED) is 0.450. The van der Waals surface area contributed by atoms with E-state index < -0.39 is 0 Å². The molecule has 0 atom stereocenters. The number of benzene rings is 3. The second-order valence-electron chi connectivity index (χ2n) is 8.25. The van der Waals surface area contributed by atoms with Crippen molar-refractivity contribution in [2.45, 2.75) is 25.8 Å². The summed E-state index contributed by atoms with van der Waals surface area (Å²) in [6, 6.07) is 29.1. The van der Waals surface area contributed by atoms with Gasteiger partial charge in [0.2, 0.25) is 0 Å². The van der Waals surface area contributed by atoms with Crippen molar-refractivity contribution >= 4 is 5.91 Å². The average Bonchev–Trinajstić information content (AvgIpc) is 2.86. The minimum absolute atomic E-state index is 0.0627. The molecule has 1 amide bonds. The lowest BCUT2D eigenvalue weighted by Crippen LogP contribution is -2.49. The number of piperazine rings is 1. The maximum Gasteiger partial charge on any atom is 0.257 e. The van der Waals surface area contributed by atoms with Gasteiger partial charge in [-0.2, -0.15) is 0 Å². The Balaban J connectivity index is 1.47. The summed E-state index contributed by atoms with van der Waals surface area (Å²) in [7, 11) is 0. The Labute approximate surface area is 191 Å². The van der Waals surface area contributed by atoms with E-state index in [1.807, 2.05) is 29.2 Å². The van der Waals surface area contributed by atoms with E-state index in [9.17, 15) is 4.79 Å². The first-order chi connectivity index (χ1) is 15.8. The molecule has 3 aromatic rings. The maximum atomic E-state index is 13.3. The molecule has 0 saturated carbocycles. The SMILES string of the molecule is CCCCOc1ccccc1C(=O)N1CCN(C(c2ccccc2)c2ccccc2)CC1. The molecule has 1 fully saturated rings. The highest BCUT2D eigenvalue weighted by Crippen LogP contribution is 2.30. The third-order valence-corrected chi connectivity index (χ3v) is 6.07. The van der Waals surface area contributed by atoms with E-state index in [2.05, 4.69) is 72.5 Å². The molecule has 0 aromatic heterocycles. The lowest BCUT2D eigenvalue weighted by atomic mass is 9.96. The number of para-hydroxylation sites is 1. The Hall–Kier alpha value is -3.11. The van der Waals surface area contributed by atoms with E-state index in [1.54, 1.807) is 0 Å². The topological polar surface area (TPSA) is 32.8 Å². The molecular weight excluding hydrogens is 396 g/mol. The highest BCUT2D eigenvalue weighted by atomic mass is 16.5. The van der Waals surface area contributed by atoms with Crippen LogP contribution in [-0.4, -0.2) is 48.5 Å². The van der Waals surface area contributed by atoms with E-state index in [4.69, 9.17) is 4.74 Å². The number of carbonyl (C=O) groups is 1. The van der Waals surface area contributed by atoms with Gasteiger partial charge in [0.05, 0.1) is 18.2 Å². The standard InChI is InChI=1S/C28H32N2O2/c1-2-3-22-32-26-17-11-10-16-25(26)28(31)30-20-18-29(19-21-30)27(23-12-6-4-7-13-23)24-14-8-5-9-15-24/h4-17,27H,2-3,18-22H2,1H3. The number of unbranched alkanes of at least 4 members (excludes halogenated alkanes) is 1. The van der Waals surface area contributed by atoms with E-state index >= 15 is 0 Å². The Kier molecular flexibility index (Phi) is 7.57. The van der Waals surface area contributed by atoms with Gasteiger partial charge in [0.25, 0.3) is 5.91 Å². The van der Waals surface area contributed by atoms with Crippen molar-refractivity contribution in [1.29, 1.82) is 0 Å². The van der Waals surface area contributed by atoms with Crippen LogP contribution in [0, 0.1) is 0 Å². The molecule has 32 heavy (non-hydrogen) atoms. The number of hydrogen-bond donors (Lipinski definition) is 0. The van der Waals surface area contributed by atoms with Gasteiger partial charge < -0.3 is 9.64 Å². The van der Waals surface area contributed by atoms with Crippen LogP contribution in [0.5, 0.6) is 5.75 Å². The lowest BCUT2D eigenvalue weighted by molar-refractivity contribution is 0.0593. The Bertz CT molecular complexity index is 943. The van der Waals surface area contributed by atoms with Crippen LogP contribution >= 0.6 is 0 Å². The van der Waals surface area contributed by atoms with E-state index in [0.717, 1.165) is 25.9 Å². The third-order valence-electron chi connectivity index (χ3n) is 6.07. The van der Waals surface area contributed by atoms with Crippen molar-refractivity contribution in [3.63, 3.8) is 0 Å². The summed E-state index contributed by atoms with van der Waals surface area (Å²) in [6.07, 6.45) is 2.06. The van der Waals surface area contributed by atoms with Gasteiger partial charge in [-0.25, -0.2) is 0 Å². The predicted octanol–water partition coefficient (Wildman–Crippen LogP) is 5.41. The van der Waals surface area contributed by atoms with Gasteiger partial charge in [-0.1, -0.05) is 86.1 Å². The molecule has 1 saturated heterocycles. The van der Waals surface area contributed by atoms with E-state index in [-0.39, 0.29) is 11.9 Å². The number of rotatable bonds is 8. The molecule has 3 aromatic carbocycles. The molecule has 1 heterocycles. The minimum Gasteiger partial charge on any atom is -0.493 e.